The molecule has 33 heavy (non-hydrogen) atoms. The van der Waals surface area contributed by atoms with Gasteiger partial charge in [-0.1, -0.05) is 24.3 Å². The lowest BCUT2D eigenvalue weighted by atomic mass is 9.94. The Labute approximate surface area is 190 Å². The second-order valence-electron chi connectivity index (χ2n) is 8.62. The molecule has 7 heteroatoms. The average molecular weight is 448 g/mol. The fourth-order valence-electron chi connectivity index (χ4n) is 4.48. The van der Waals surface area contributed by atoms with Gasteiger partial charge in [-0.2, -0.15) is 0 Å². The smallest absolute Gasteiger partial charge is 0.336 e. The van der Waals surface area contributed by atoms with Gasteiger partial charge in [0.1, 0.15) is 18.0 Å². The molecule has 0 saturated heterocycles. The Balaban J connectivity index is 1.27. The number of hydrogen-bond donors (Lipinski definition) is 0. The number of carbonyl (C=O) groups is 2. The molecule has 1 aliphatic heterocycles. The van der Waals surface area contributed by atoms with E-state index in [0.29, 0.717) is 40.2 Å². The molecule has 170 valence electrons. The van der Waals surface area contributed by atoms with Crippen LogP contribution in [0.5, 0.6) is 11.5 Å². The van der Waals surface area contributed by atoms with E-state index in [-0.39, 0.29) is 19.3 Å². The largest absolute Gasteiger partial charge is 0.460 e. The van der Waals surface area contributed by atoms with Crippen molar-refractivity contribution in [1.29, 1.82) is 0 Å². The van der Waals surface area contributed by atoms with Crippen molar-refractivity contribution in [2.45, 2.75) is 45.1 Å². The van der Waals surface area contributed by atoms with E-state index in [1.165, 1.54) is 6.07 Å². The van der Waals surface area contributed by atoms with Gasteiger partial charge in [-0.05, 0) is 43.4 Å². The summed E-state index contributed by atoms with van der Waals surface area (Å²) in [6, 6.07) is 12.4. The first kappa shape index (κ1) is 21.2. The van der Waals surface area contributed by atoms with Crippen molar-refractivity contribution in [3.05, 3.63) is 69.6 Å². The van der Waals surface area contributed by atoms with Crippen molar-refractivity contribution in [2.75, 3.05) is 6.79 Å². The lowest BCUT2D eigenvalue weighted by Crippen LogP contribution is -2.14. The van der Waals surface area contributed by atoms with E-state index in [1.807, 2.05) is 24.3 Å². The van der Waals surface area contributed by atoms with Gasteiger partial charge in [-0.15, -0.1) is 0 Å². The summed E-state index contributed by atoms with van der Waals surface area (Å²) >= 11 is 0. The lowest BCUT2D eigenvalue weighted by molar-refractivity contribution is -0.146. The predicted molar refractivity (Wildman–Crippen MR) is 119 cm³/mol. The van der Waals surface area contributed by atoms with Crippen LogP contribution >= 0.6 is 0 Å². The molecule has 0 N–H and O–H groups in total. The molecule has 2 heterocycles. The molecule has 3 aromatic rings. The topological polar surface area (TPSA) is 92.0 Å². The molecule has 0 spiro atoms. The summed E-state index contributed by atoms with van der Waals surface area (Å²) in [5, 5.41) is 0.630. The normalized spacial score (nSPS) is 18.0. The van der Waals surface area contributed by atoms with Gasteiger partial charge in [-0.3, -0.25) is 9.59 Å². The summed E-state index contributed by atoms with van der Waals surface area (Å²) < 4.78 is 21.5. The van der Waals surface area contributed by atoms with Gasteiger partial charge in [0.25, 0.3) is 0 Å². The third-order valence-electron chi connectivity index (χ3n) is 6.44. The first-order chi connectivity index (χ1) is 16.0. The molecule has 0 bridgehead atoms. The first-order valence-electron chi connectivity index (χ1n) is 11.1. The number of esters is 1. The molecule has 2 atom stereocenters. The number of hydrogen-bond acceptors (Lipinski definition) is 7. The third-order valence-corrected chi connectivity index (χ3v) is 6.44. The van der Waals surface area contributed by atoms with E-state index in [9.17, 15) is 14.4 Å². The highest BCUT2D eigenvalue weighted by Crippen LogP contribution is 2.37. The predicted octanol–water partition coefficient (Wildman–Crippen LogP) is 4.28. The zero-order valence-electron chi connectivity index (χ0n) is 18.3. The average Bonchev–Trinajstić information content (AvgIpc) is 3.44. The van der Waals surface area contributed by atoms with Crippen LogP contribution in [0.25, 0.3) is 11.0 Å². The molecule has 1 aliphatic carbocycles. The van der Waals surface area contributed by atoms with Crippen LogP contribution in [0.15, 0.2) is 51.7 Å². The number of ether oxygens (including phenoxy) is 3. The van der Waals surface area contributed by atoms with Crippen LogP contribution in [0.4, 0.5) is 0 Å². The maximum Gasteiger partial charge on any atom is 0.336 e. The van der Waals surface area contributed by atoms with Crippen molar-refractivity contribution in [1.82, 2.24) is 0 Å². The van der Waals surface area contributed by atoms with E-state index in [2.05, 4.69) is 0 Å². The van der Waals surface area contributed by atoms with Gasteiger partial charge in [-0.25, -0.2) is 4.79 Å². The first-order valence-corrected chi connectivity index (χ1v) is 11.1. The van der Waals surface area contributed by atoms with Gasteiger partial charge < -0.3 is 18.6 Å². The van der Waals surface area contributed by atoms with Crippen LogP contribution in [0.1, 0.15) is 48.8 Å². The van der Waals surface area contributed by atoms with Crippen molar-refractivity contribution >= 4 is 22.7 Å². The van der Waals surface area contributed by atoms with E-state index in [4.69, 9.17) is 18.6 Å². The molecule has 2 aromatic carbocycles. The summed E-state index contributed by atoms with van der Waals surface area (Å²) in [6.07, 6.45) is 3.37. The van der Waals surface area contributed by atoms with Gasteiger partial charge in [0.05, 0.1) is 5.92 Å². The van der Waals surface area contributed by atoms with Gasteiger partial charge in [0, 0.05) is 35.4 Å². The fraction of sp³-hybridized carbons (Fsp3) is 0.346. The van der Waals surface area contributed by atoms with Crippen LogP contribution in [0.2, 0.25) is 0 Å². The summed E-state index contributed by atoms with van der Waals surface area (Å²) in [5.41, 5.74) is 2.29. The van der Waals surface area contributed by atoms with E-state index in [0.717, 1.165) is 30.4 Å². The molecular formula is C26H24O7. The molecule has 5 rings (SSSR count). The Bertz CT molecular complexity index is 1270. The standard InChI is InChI=1S/C26H24O7/c1-15(17-7-5-16(6-8-17)9-18-3-2-4-21(18)27)26(29)30-13-19-10-25(28)33-22-12-24-23(11-20(19)22)31-14-32-24/h5-8,10-12,15,18H,2-4,9,13-14H2,1H3. The van der Waals surface area contributed by atoms with Crippen LogP contribution in [0, 0.1) is 5.92 Å². The minimum atomic E-state index is -0.531. The van der Waals surface area contributed by atoms with Crippen LogP contribution in [0.3, 0.4) is 0 Å². The van der Waals surface area contributed by atoms with Gasteiger partial charge in [0.15, 0.2) is 11.5 Å². The van der Waals surface area contributed by atoms with Crippen molar-refractivity contribution in [2.24, 2.45) is 5.92 Å². The minimum absolute atomic E-state index is 0.0627. The van der Waals surface area contributed by atoms with Crippen molar-refractivity contribution in [3.8, 4) is 11.5 Å². The van der Waals surface area contributed by atoms with E-state index < -0.39 is 17.5 Å². The Hall–Kier alpha value is -3.61. The molecule has 2 unspecified atom stereocenters. The summed E-state index contributed by atoms with van der Waals surface area (Å²) in [6.45, 7) is 1.83. The Kier molecular flexibility index (Phi) is 5.62. The Morgan fingerprint density at radius 2 is 1.85 bits per heavy atom. The van der Waals surface area contributed by atoms with Crippen molar-refractivity contribution < 1.29 is 28.2 Å². The van der Waals surface area contributed by atoms with Crippen molar-refractivity contribution in [3.63, 3.8) is 0 Å². The monoisotopic (exact) mass is 448 g/mol. The molecular weight excluding hydrogens is 424 g/mol. The van der Waals surface area contributed by atoms with E-state index >= 15 is 0 Å². The SMILES string of the molecule is CC(C(=O)OCc1cc(=O)oc2cc3c(cc12)OCO3)c1ccc(CC2CCCC2=O)cc1. The molecule has 0 amide bonds. The quantitative estimate of drug-likeness (QED) is 0.410. The zero-order chi connectivity index (χ0) is 22.9. The molecule has 0 radical (unpaired) electrons. The summed E-state index contributed by atoms with van der Waals surface area (Å²) in [4.78, 5) is 36.6. The molecule has 1 aromatic heterocycles. The van der Waals surface area contributed by atoms with Crippen LogP contribution in [-0.2, 0) is 27.4 Å². The fourth-order valence-corrected chi connectivity index (χ4v) is 4.48. The molecule has 1 fully saturated rings. The maximum atomic E-state index is 12.7. The number of rotatable bonds is 6. The number of Topliss-reactive ketones (excluding diaryl/α,β-unsaturated/α-hetero) is 1. The van der Waals surface area contributed by atoms with E-state index in [1.54, 1.807) is 19.1 Å². The number of benzene rings is 2. The summed E-state index contributed by atoms with van der Waals surface area (Å²) in [5.74, 6) is 0.665. The number of carbonyl (C=O) groups excluding carboxylic acids is 2. The summed E-state index contributed by atoms with van der Waals surface area (Å²) in [7, 11) is 0. The second kappa shape index (κ2) is 8.73. The molecule has 1 saturated carbocycles. The third kappa shape index (κ3) is 4.35. The minimum Gasteiger partial charge on any atom is -0.460 e. The zero-order valence-corrected chi connectivity index (χ0v) is 18.3. The Morgan fingerprint density at radius 1 is 1.09 bits per heavy atom. The van der Waals surface area contributed by atoms with Gasteiger partial charge in [0.2, 0.25) is 6.79 Å². The second-order valence-corrected chi connectivity index (χ2v) is 8.62. The van der Waals surface area contributed by atoms with Gasteiger partial charge >= 0.3 is 11.6 Å². The van der Waals surface area contributed by atoms with Crippen LogP contribution in [-0.4, -0.2) is 18.5 Å². The lowest BCUT2D eigenvalue weighted by Gasteiger charge is -2.14. The molecule has 7 nitrogen and oxygen atoms in total. The highest BCUT2D eigenvalue weighted by atomic mass is 16.7. The number of ketones is 1. The maximum absolute atomic E-state index is 12.7. The van der Waals surface area contributed by atoms with Crippen LogP contribution < -0.4 is 15.1 Å². The molecule has 2 aliphatic rings. The number of fused-ring (bicyclic) bond motifs is 2. The highest BCUT2D eigenvalue weighted by Gasteiger charge is 2.25. The Morgan fingerprint density at radius 3 is 2.58 bits per heavy atom. The highest BCUT2D eigenvalue weighted by molar-refractivity contribution is 5.85.